The highest BCUT2D eigenvalue weighted by molar-refractivity contribution is 5.85. The average molecular weight is 389 g/mol. The van der Waals surface area contributed by atoms with Crippen molar-refractivity contribution in [2.75, 3.05) is 32.8 Å². The number of fused-ring (bicyclic) bond motifs is 1. The molecule has 0 aliphatic carbocycles. The maximum Gasteiger partial charge on any atom is 0.112 e. The molecule has 0 bridgehead atoms. The summed E-state index contributed by atoms with van der Waals surface area (Å²) in [4.78, 5) is 1.57. The molecule has 5 heteroatoms. The van der Waals surface area contributed by atoms with Gasteiger partial charge in [-0.05, 0) is 29.3 Å². The van der Waals surface area contributed by atoms with Crippen LogP contribution in [0, 0.1) is 0 Å². The van der Waals surface area contributed by atoms with Crippen LogP contribution >= 0.6 is 0 Å². The van der Waals surface area contributed by atoms with Gasteiger partial charge in [-0.1, -0.05) is 60.3 Å². The monoisotopic (exact) mass is 389 g/mol. The van der Waals surface area contributed by atoms with Gasteiger partial charge in [0.25, 0.3) is 0 Å². The first kappa shape index (κ1) is 19.3. The predicted octanol–water partition coefficient (Wildman–Crippen LogP) is 2.05. The fourth-order valence-corrected chi connectivity index (χ4v) is 3.87. The van der Waals surface area contributed by atoms with E-state index < -0.39 is 0 Å². The van der Waals surface area contributed by atoms with Crippen LogP contribution in [0.4, 0.5) is 0 Å². The molecule has 1 fully saturated rings. The van der Waals surface area contributed by atoms with Gasteiger partial charge in [0.2, 0.25) is 0 Å². The lowest BCUT2D eigenvalue weighted by Crippen LogP contribution is -3.13. The largest absolute Gasteiger partial charge is 0.870 e. The Kier molecular flexibility index (Phi) is 5.96. The van der Waals surface area contributed by atoms with Crippen LogP contribution in [0.2, 0.25) is 0 Å². The third-order valence-electron chi connectivity index (χ3n) is 5.44. The second-order valence-corrected chi connectivity index (χ2v) is 7.37. The maximum absolute atomic E-state index is 12.4. The van der Waals surface area contributed by atoms with Gasteiger partial charge >= 0.3 is 0 Å². The van der Waals surface area contributed by atoms with Gasteiger partial charge in [-0.15, -0.1) is 0 Å². The molecular weight excluding hydrogens is 362 g/mol. The molecule has 29 heavy (non-hydrogen) atoms. The van der Waals surface area contributed by atoms with Crippen LogP contribution in [0.25, 0.3) is 10.8 Å². The molecule has 150 valence electrons. The summed E-state index contributed by atoms with van der Waals surface area (Å²) in [6.45, 7) is 7.22. The smallest absolute Gasteiger partial charge is 0.112 e. The highest BCUT2D eigenvalue weighted by atomic mass is 16.5. The fourth-order valence-electron chi connectivity index (χ4n) is 3.87. The van der Waals surface area contributed by atoms with Crippen molar-refractivity contribution in [3.8, 4) is 11.5 Å². The lowest BCUT2D eigenvalue weighted by Gasteiger charge is -2.30. The second-order valence-electron chi connectivity index (χ2n) is 7.37. The van der Waals surface area contributed by atoms with E-state index in [4.69, 9.17) is 4.74 Å². The zero-order chi connectivity index (χ0) is 20.1. The molecule has 3 aromatic rings. The minimum atomic E-state index is -0.0988. The molecule has 1 saturated heterocycles. The molecule has 5 nitrogen and oxygen atoms in total. The summed E-state index contributed by atoms with van der Waals surface area (Å²) < 4.78 is 5.38. The Morgan fingerprint density at radius 2 is 1.79 bits per heavy atom. The molecule has 1 heterocycles. The highest BCUT2D eigenvalue weighted by Crippen LogP contribution is 2.25. The lowest BCUT2D eigenvalue weighted by atomic mass is 10.0. The molecule has 3 aromatic carbocycles. The van der Waals surface area contributed by atoms with Crippen molar-refractivity contribution < 1.29 is 14.7 Å². The predicted molar refractivity (Wildman–Crippen MR) is 115 cm³/mol. The molecular formula is C24H27N3O2. The molecule has 0 spiro atoms. The van der Waals surface area contributed by atoms with E-state index in [2.05, 4.69) is 52.6 Å². The summed E-state index contributed by atoms with van der Waals surface area (Å²) in [5.74, 6) is 0.291. The number of para-hydroxylation sites is 1. The Bertz CT molecular complexity index is 989. The Labute approximate surface area is 171 Å². The summed E-state index contributed by atoms with van der Waals surface area (Å²) in [5.41, 5.74) is 1.97. The van der Waals surface area contributed by atoms with E-state index >= 15 is 0 Å². The van der Waals surface area contributed by atoms with Gasteiger partial charge in [-0.2, -0.15) is 5.10 Å². The number of benzene rings is 3. The van der Waals surface area contributed by atoms with E-state index in [9.17, 15) is 5.11 Å². The number of hydrogen-bond acceptors (Lipinski definition) is 4. The number of piperazine rings is 1. The van der Waals surface area contributed by atoms with Gasteiger partial charge in [0.15, 0.2) is 0 Å². The topological polar surface area (TPSA) is 52.3 Å². The number of hydrazone groups is 1. The fraction of sp³-hybridized carbons (Fsp3) is 0.292. The normalized spacial score (nSPS) is 15.3. The van der Waals surface area contributed by atoms with Gasteiger partial charge in [0.05, 0.1) is 39.0 Å². The van der Waals surface area contributed by atoms with Crippen LogP contribution in [0.15, 0.2) is 65.8 Å². The zero-order valence-corrected chi connectivity index (χ0v) is 16.8. The average Bonchev–Trinajstić information content (AvgIpc) is 2.76. The number of nitrogens with one attached hydrogen (secondary N) is 1. The Morgan fingerprint density at radius 3 is 2.62 bits per heavy atom. The van der Waals surface area contributed by atoms with E-state index in [-0.39, 0.29) is 5.75 Å². The van der Waals surface area contributed by atoms with Gasteiger partial charge < -0.3 is 14.7 Å². The van der Waals surface area contributed by atoms with E-state index in [0.717, 1.165) is 32.7 Å². The highest BCUT2D eigenvalue weighted by Gasteiger charge is 2.19. The van der Waals surface area contributed by atoms with Crippen LogP contribution in [-0.4, -0.2) is 44.0 Å². The first-order valence-corrected chi connectivity index (χ1v) is 10.3. The molecule has 0 atom stereocenters. The van der Waals surface area contributed by atoms with Crippen LogP contribution in [0.3, 0.4) is 0 Å². The minimum absolute atomic E-state index is 0.0988. The van der Waals surface area contributed by atoms with Crippen molar-refractivity contribution in [2.24, 2.45) is 5.10 Å². The summed E-state index contributed by atoms with van der Waals surface area (Å²) in [6, 6.07) is 20.5. The zero-order valence-electron chi connectivity index (χ0n) is 16.8. The van der Waals surface area contributed by atoms with E-state index in [1.807, 2.05) is 13.0 Å². The summed E-state index contributed by atoms with van der Waals surface area (Å²) in [5, 5.41) is 21.6. The Morgan fingerprint density at radius 1 is 1.03 bits per heavy atom. The molecule has 0 saturated carbocycles. The van der Waals surface area contributed by atoms with Crippen molar-refractivity contribution in [1.82, 2.24) is 5.01 Å². The number of quaternary nitrogens is 1. The maximum atomic E-state index is 12.4. The summed E-state index contributed by atoms with van der Waals surface area (Å²) >= 11 is 0. The Balaban J connectivity index is 1.36. The summed E-state index contributed by atoms with van der Waals surface area (Å²) in [7, 11) is 0. The SMILES string of the molecule is CCOc1cccc(C=NN2CC[NH+](Cc3cccc4ccccc34)CC2)c1[O-]. The van der Waals surface area contributed by atoms with Crippen LogP contribution < -0.4 is 14.7 Å². The molecule has 1 N–H and O–H groups in total. The summed E-state index contributed by atoms with van der Waals surface area (Å²) in [6.07, 6.45) is 1.67. The molecule has 0 aromatic heterocycles. The molecule has 4 rings (SSSR count). The van der Waals surface area contributed by atoms with Gasteiger partial charge in [0, 0.05) is 5.56 Å². The van der Waals surface area contributed by atoms with Crippen LogP contribution in [0.5, 0.6) is 11.5 Å². The Hall–Kier alpha value is -3.05. The number of ether oxygens (including phenoxy) is 1. The third kappa shape index (κ3) is 4.51. The first-order valence-electron chi connectivity index (χ1n) is 10.3. The van der Waals surface area contributed by atoms with Gasteiger partial charge in [-0.3, -0.25) is 5.01 Å². The van der Waals surface area contributed by atoms with Crippen molar-refractivity contribution in [3.63, 3.8) is 0 Å². The number of hydrogen-bond donors (Lipinski definition) is 1. The van der Waals surface area contributed by atoms with Gasteiger partial charge in [0.1, 0.15) is 12.3 Å². The standard InChI is InChI=1S/C24H27N3O2/c1-2-29-23-12-6-9-20(24(23)28)17-25-27-15-13-26(14-16-27)18-21-10-5-8-19-7-3-4-11-22(19)21/h3-12,17,28H,2,13-16,18H2,1H3. The third-order valence-corrected chi connectivity index (χ3v) is 5.44. The van der Waals surface area contributed by atoms with Crippen LogP contribution in [0.1, 0.15) is 18.1 Å². The van der Waals surface area contributed by atoms with Crippen LogP contribution in [-0.2, 0) is 6.54 Å². The van der Waals surface area contributed by atoms with E-state index in [1.54, 1.807) is 23.2 Å². The minimum Gasteiger partial charge on any atom is -0.870 e. The first-order chi connectivity index (χ1) is 14.2. The quantitative estimate of drug-likeness (QED) is 0.657. The molecule has 0 unspecified atom stereocenters. The molecule has 0 radical (unpaired) electrons. The van der Waals surface area contributed by atoms with Crippen molar-refractivity contribution in [1.29, 1.82) is 0 Å². The van der Waals surface area contributed by atoms with Crippen molar-refractivity contribution in [2.45, 2.75) is 13.5 Å². The molecule has 1 aliphatic heterocycles. The van der Waals surface area contributed by atoms with E-state index in [0.29, 0.717) is 17.9 Å². The van der Waals surface area contributed by atoms with Crippen molar-refractivity contribution in [3.05, 3.63) is 71.8 Å². The van der Waals surface area contributed by atoms with Crippen molar-refractivity contribution >= 4 is 17.0 Å². The second kappa shape index (κ2) is 8.97. The number of rotatable bonds is 6. The number of nitrogens with zero attached hydrogens (tertiary/aromatic N) is 2. The van der Waals surface area contributed by atoms with Gasteiger partial charge in [-0.25, -0.2) is 0 Å². The molecule has 1 aliphatic rings. The lowest BCUT2D eigenvalue weighted by molar-refractivity contribution is -0.918. The molecule has 0 amide bonds. The van der Waals surface area contributed by atoms with E-state index in [1.165, 1.54) is 16.3 Å².